The average molecular weight is 488 g/mol. The Bertz CT molecular complexity index is 1170. The first-order chi connectivity index (χ1) is 17.5. The molecule has 36 heavy (non-hydrogen) atoms. The number of nitrogens with zero attached hydrogens (tertiary/aromatic N) is 4. The minimum Gasteiger partial charge on any atom is -0.493 e. The Morgan fingerprint density at radius 3 is 2.36 bits per heavy atom. The average Bonchev–Trinajstić information content (AvgIpc) is 3.34. The topological polar surface area (TPSA) is 74.1 Å². The number of hydrogen-bond acceptors (Lipinski definition) is 6. The Kier molecular flexibility index (Phi) is 6.20. The van der Waals surface area contributed by atoms with Gasteiger partial charge < -0.3 is 14.8 Å². The summed E-state index contributed by atoms with van der Waals surface area (Å²) in [6.45, 7) is 5.56. The van der Waals surface area contributed by atoms with Gasteiger partial charge in [-0.25, -0.2) is 0 Å². The molecule has 0 amide bonds. The van der Waals surface area contributed by atoms with E-state index in [1.54, 1.807) is 11.8 Å². The van der Waals surface area contributed by atoms with E-state index in [0.29, 0.717) is 23.0 Å². The Morgan fingerprint density at radius 2 is 1.69 bits per heavy atom. The molecule has 0 aliphatic heterocycles. The van der Waals surface area contributed by atoms with Gasteiger partial charge in [-0.15, -0.1) is 5.10 Å². The van der Waals surface area contributed by atoms with E-state index in [-0.39, 0.29) is 6.61 Å². The molecule has 0 spiro atoms. The fourth-order valence-electron chi connectivity index (χ4n) is 7.46. The van der Waals surface area contributed by atoms with E-state index in [2.05, 4.69) is 46.8 Å². The number of nitrogens with one attached hydrogen (secondary N) is 1. The lowest BCUT2D eigenvalue weighted by Gasteiger charge is -2.59. The van der Waals surface area contributed by atoms with Gasteiger partial charge in [0.1, 0.15) is 0 Å². The van der Waals surface area contributed by atoms with Crippen molar-refractivity contribution in [2.24, 2.45) is 23.2 Å². The van der Waals surface area contributed by atoms with E-state index in [1.165, 1.54) is 49.7 Å². The third kappa shape index (κ3) is 4.49. The van der Waals surface area contributed by atoms with Crippen molar-refractivity contribution in [1.82, 2.24) is 25.5 Å². The first kappa shape index (κ1) is 23.5. The van der Waals surface area contributed by atoms with Crippen molar-refractivity contribution in [2.45, 2.75) is 71.6 Å². The van der Waals surface area contributed by atoms with E-state index >= 15 is 0 Å². The van der Waals surface area contributed by atoms with Crippen LogP contribution in [0.5, 0.6) is 11.5 Å². The third-order valence-electron chi connectivity index (χ3n) is 9.01. The van der Waals surface area contributed by atoms with Crippen molar-refractivity contribution in [3.05, 3.63) is 59.4 Å². The molecule has 0 saturated heterocycles. The van der Waals surface area contributed by atoms with Crippen LogP contribution in [0.1, 0.15) is 62.4 Å². The second kappa shape index (κ2) is 9.51. The minimum atomic E-state index is 0.248. The maximum Gasteiger partial charge on any atom is 0.194 e. The largest absolute Gasteiger partial charge is 0.493 e. The van der Waals surface area contributed by atoms with Gasteiger partial charge in [-0.3, -0.25) is 0 Å². The van der Waals surface area contributed by atoms with Crippen molar-refractivity contribution in [2.75, 3.05) is 7.11 Å². The molecular formula is C29H37N5O2. The lowest BCUT2D eigenvalue weighted by atomic mass is 9.48. The van der Waals surface area contributed by atoms with Crippen molar-refractivity contribution in [3.8, 4) is 17.2 Å². The number of ether oxygens (including phenoxy) is 2. The quantitative estimate of drug-likeness (QED) is 0.444. The predicted octanol–water partition coefficient (Wildman–Crippen LogP) is 5.25. The second-order valence-corrected chi connectivity index (χ2v) is 11.5. The van der Waals surface area contributed by atoms with Gasteiger partial charge in [0.2, 0.25) is 0 Å². The fourth-order valence-corrected chi connectivity index (χ4v) is 7.46. The van der Waals surface area contributed by atoms with Gasteiger partial charge in [0.05, 0.1) is 12.8 Å². The molecule has 1 N–H and O–H groups in total. The first-order valence-electron chi connectivity index (χ1n) is 13.4. The van der Waals surface area contributed by atoms with Crippen molar-refractivity contribution in [3.63, 3.8) is 0 Å². The number of aromatic nitrogens is 4. The summed E-state index contributed by atoms with van der Waals surface area (Å²) in [5.74, 6) is 4.98. The molecule has 4 bridgehead atoms. The SMILES string of the molecule is COc1cc(CN[C@@H](C)C23CC4CC(CC(C4)C2)C3)ccc1OCc1nnnn1-c1ccc(C)cc1. The van der Waals surface area contributed by atoms with Gasteiger partial charge >= 0.3 is 0 Å². The molecule has 7 nitrogen and oxygen atoms in total. The van der Waals surface area contributed by atoms with Crippen LogP contribution in [0.15, 0.2) is 42.5 Å². The van der Waals surface area contributed by atoms with E-state index in [1.807, 2.05) is 30.3 Å². The highest BCUT2D eigenvalue weighted by Crippen LogP contribution is 2.61. The van der Waals surface area contributed by atoms with Crippen molar-refractivity contribution >= 4 is 0 Å². The summed E-state index contributed by atoms with van der Waals surface area (Å²) in [7, 11) is 1.69. The number of tetrazole rings is 1. The maximum atomic E-state index is 6.09. The molecule has 4 aliphatic rings. The van der Waals surface area contributed by atoms with Crippen LogP contribution in [-0.2, 0) is 13.2 Å². The Hall–Kier alpha value is -2.93. The molecule has 7 rings (SSSR count). The van der Waals surface area contributed by atoms with Crippen LogP contribution in [0, 0.1) is 30.1 Å². The molecule has 1 heterocycles. The lowest BCUT2D eigenvalue weighted by Crippen LogP contribution is -2.54. The molecule has 4 saturated carbocycles. The summed E-state index contributed by atoms with van der Waals surface area (Å²) in [4.78, 5) is 0. The van der Waals surface area contributed by atoms with Crippen LogP contribution in [-0.4, -0.2) is 33.4 Å². The van der Waals surface area contributed by atoms with Gasteiger partial charge in [-0.2, -0.15) is 4.68 Å². The monoisotopic (exact) mass is 487 g/mol. The summed E-state index contributed by atoms with van der Waals surface area (Å²) >= 11 is 0. The molecule has 2 aromatic carbocycles. The molecule has 0 radical (unpaired) electrons. The van der Waals surface area contributed by atoms with Crippen LogP contribution in [0.2, 0.25) is 0 Å². The second-order valence-electron chi connectivity index (χ2n) is 11.5. The lowest BCUT2D eigenvalue weighted by molar-refractivity contribution is -0.0706. The van der Waals surface area contributed by atoms with Crippen molar-refractivity contribution < 1.29 is 9.47 Å². The van der Waals surface area contributed by atoms with Crippen LogP contribution < -0.4 is 14.8 Å². The molecule has 1 aromatic heterocycles. The third-order valence-corrected chi connectivity index (χ3v) is 9.01. The zero-order valence-electron chi connectivity index (χ0n) is 21.6. The molecule has 3 aromatic rings. The van der Waals surface area contributed by atoms with E-state index in [0.717, 1.165) is 35.7 Å². The van der Waals surface area contributed by atoms with Gasteiger partial charge in [-0.1, -0.05) is 23.8 Å². The van der Waals surface area contributed by atoms with Crippen molar-refractivity contribution in [1.29, 1.82) is 0 Å². The number of aryl methyl sites for hydroxylation is 1. The van der Waals surface area contributed by atoms with Gasteiger partial charge in [0, 0.05) is 12.6 Å². The zero-order valence-corrected chi connectivity index (χ0v) is 21.6. The molecule has 1 atom stereocenters. The fraction of sp³-hybridized carbons (Fsp3) is 0.552. The van der Waals surface area contributed by atoms with E-state index in [4.69, 9.17) is 9.47 Å². The van der Waals surface area contributed by atoms with Gasteiger partial charge in [-0.05, 0) is 116 Å². The smallest absolute Gasteiger partial charge is 0.194 e. The molecule has 4 fully saturated rings. The summed E-state index contributed by atoms with van der Waals surface area (Å²) in [5, 5.41) is 16.0. The highest BCUT2D eigenvalue weighted by Gasteiger charge is 2.52. The maximum absolute atomic E-state index is 6.09. The first-order valence-corrected chi connectivity index (χ1v) is 13.4. The van der Waals surface area contributed by atoms with E-state index < -0.39 is 0 Å². The highest BCUT2D eigenvalue weighted by molar-refractivity contribution is 5.43. The summed E-state index contributed by atoms with van der Waals surface area (Å²) < 4.78 is 13.5. The molecular weight excluding hydrogens is 450 g/mol. The zero-order chi connectivity index (χ0) is 24.7. The number of rotatable bonds is 9. The standard InChI is InChI=1S/C29H37N5O2/c1-19-4-7-25(8-5-19)34-28(31-32-33-34)18-36-26-9-6-21(13-27(26)35-3)17-30-20(2)29-14-22-10-23(15-29)12-24(11-22)16-29/h4-9,13,20,22-24,30H,10-12,14-18H2,1-3H3/t20-,22?,23?,24?,29?/m0/s1. The highest BCUT2D eigenvalue weighted by atomic mass is 16.5. The Balaban J connectivity index is 1.09. The van der Waals surface area contributed by atoms with Gasteiger partial charge in [0.15, 0.2) is 23.9 Å². The summed E-state index contributed by atoms with van der Waals surface area (Å²) in [6.07, 6.45) is 8.73. The summed E-state index contributed by atoms with van der Waals surface area (Å²) in [6, 6.07) is 14.8. The Labute approximate surface area is 213 Å². The summed E-state index contributed by atoms with van der Waals surface area (Å²) in [5.41, 5.74) is 3.81. The van der Waals surface area contributed by atoms with Crippen LogP contribution in [0.3, 0.4) is 0 Å². The van der Waals surface area contributed by atoms with Crippen LogP contribution in [0.25, 0.3) is 5.69 Å². The van der Waals surface area contributed by atoms with Gasteiger partial charge in [0.25, 0.3) is 0 Å². The molecule has 0 unspecified atom stereocenters. The normalized spacial score (nSPS) is 27.2. The predicted molar refractivity (Wildman–Crippen MR) is 138 cm³/mol. The minimum absolute atomic E-state index is 0.248. The Morgan fingerprint density at radius 1 is 1.00 bits per heavy atom. The molecule has 190 valence electrons. The molecule has 4 aliphatic carbocycles. The molecule has 7 heteroatoms. The van der Waals surface area contributed by atoms with Crippen LogP contribution >= 0.6 is 0 Å². The van der Waals surface area contributed by atoms with Crippen LogP contribution in [0.4, 0.5) is 0 Å². The number of methoxy groups -OCH3 is 1. The number of benzene rings is 2. The number of hydrogen-bond donors (Lipinski definition) is 1. The van der Waals surface area contributed by atoms with E-state index in [9.17, 15) is 0 Å².